The van der Waals surface area contributed by atoms with E-state index < -0.39 is 3.42 Å². The maximum Gasteiger partial charge on any atom is 0.254 e. The molecule has 146 valence electrons. The number of amides is 1. The maximum absolute atomic E-state index is 14.2. The summed E-state index contributed by atoms with van der Waals surface area (Å²) in [6.45, 7) is 3.12. The van der Waals surface area contributed by atoms with Gasteiger partial charge in [-0.25, -0.2) is 9.37 Å². The lowest BCUT2D eigenvalue weighted by atomic mass is 10.1. The van der Waals surface area contributed by atoms with Crippen LogP contribution in [-0.2, 0) is 8.15 Å². The van der Waals surface area contributed by atoms with Crippen LogP contribution in [0.25, 0.3) is 5.78 Å². The number of benzene rings is 1. The molecule has 0 bridgehead atoms. The van der Waals surface area contributed by atoms with Crippen LogP contribution >= 0.6 is 31.8 Å². The molecule has 0 saturated carbocycles. The first-order valence-corrected chi connectivity index (χ1v) is 10.3. The first-order valence-electron chi connectivity index (χ1n) is 8.68. The zero-order valence-corrected chi connectivity index (χ0v) is 18.4. The third-order valence-corrected chi connectivity index (χ3v) is 5.54. The van der Waals surface area contributed by atoms with Crippen LogP contribution in [0.3, 0.4) is 0 Å². The van der Waals surface area contributed by atoms with Crippen molar-refractivity contribution < 1.29 is 13.9 Å². The van der Waals surface area contributed by atoms with Crippen molar-refractivity contribution in [3.8, 4) is 0 Å². The van der Waals surface area contributed by atoms with Crippen molar-refractivity contribution in [1.82, 2.24) is 24.5 Å². The molecular formula is C18H18FIN5O2P. The van der Waals surface area contributed by atoms with Crippen LogP contribution in [0, 0.1) is 6.92 Å². The fraction of sp³-hybridized carbons (Fsp3) is 0.333. The minimum absolute atomic E-state index is 0.151. The number of alkyl halides is 2. The second kappa shape index (κ2) is 7.61. The highest BCUT2D eigenvalue weighted by Gasteiger charge is 2.29. The smallest absolute Gasteiger partial charge is 0.254 e. The van der Waals surface area contributed by atoms with Gasteiger partial charge in [-0.2, -0.15) is 14.6 Å². The monoisotopic (exact) mass is 513 g/mol. The number of carbonyl (C=O) groups excluding carboxylic acids is 1. The molecule has 1 aliphatic heterocycles. The number of ether oxygens (including phenoxy) is 1. The molecule has 1 aromatic carbocycles. The summed E-state index contributed by atoms with van der Waals surface area (Å²) in [5.74, 6) is 0.345. The van der Waals surface area contributed by atoms with Gasteiger partial charge in [0, 0.05) is 23.4 Å². The van der Waals surface area contributed by atoms with Gasteiger partial charge in [0.05, 0.1) is 18.8 Å². The van der Waals surface area contributed by atoms with Crippen LogP contribution in [0.1, 0.15) is 33.4 Å². The van der Waals surface area contributed by atoms with E-state index in [4.69, 9.17) is 4.74 Å². The number of carbonyl (C=O) groups is 1. The highest BCUT2D eigenvalue weighted by atomic mass is 127. The number of hydrogen-bond donors (Lipinski definition) is 0. The summed E-state index contributed by atoms with van der Waals surface area (Å²) in [6.07, 6.45) is 1.09. The first-order chi connectivity index (χ1) is 13.3. The quantitative estimate of drug-likeness (QED) is 0.306. The van der Waals surface area contributed by atoms with Gasteiger partial charge in [-0.05, 0) is 47.7 Å². The van der Waals surface area contributed by atoms with Crippen molar-refractivity contribution in [2.24, 2.45) is 0 Å². The molecule has 0 N–H and O–H groups in total. The number of morpholine rings is 1. The molecule has 0 radical (unpaired) electrons. The largest absolute Gasteiger partial charge is 0.368 e. The van der Waals surface area contributed by atoms with Crippen molar-refractivity contribution in [2.75, 3.05) is 19.7 Å². The van der Waals surface area contributed by atoms with Gasteiger partial charge in [0.15, 0.2) is 3.42 Å². The van der Waals surface area contributed by atoms with Gasteiger partial charge in [-0.15, -0.1) is 0 Å². The number of rotatable bonds is 3. The predicted molar refractivity (Wildman–Crippen MR) is 113 cm³/mol. The zero-order valence-electron chi connectivity index (χ0n) is 15.0. The number of aromatic nitrogens is 4. The van der Waals surface area contributed by atoms with E-state index in [0.29, 0.717) is 36.6 Å². The van der Waals surface area contributed by atoms with E-state index in [1.54, 1.807) is 56.3 Å². The summed E-state index contributed by atoms with van der Waals surface area (Å²) in [6, 6.07) is 8.55. The Kier molecular flexibility index (Phi) is 5.32. The fourth-order valence-corrected chi connectivity index (χ4v) is 3.76. The average molecular weight is 513 g/mol. The second-order valence-corrected chi connectivity index (χ2v) is 10.1. The van der Waals surface area contributed by atoms with E-state index in [1.807, 2.05) is 13.0 Å². The van der Waals surface area contributed by atoms with Gasteiger partial charge >= 0.3 is 0 Å². The Hall–Kier alpha value is -1.71. The predicted octanol–water partition coefficient (Wildman–Crippen LogP) is 3.04. The number of halogens is 2. The van der Waals surface area contributed by atoms with Gasteiger partial charge in [0.25, 0.3) is 11.7 Å². The van der Waals surface area contributed by atoms with Crippen LogP contribution < -0.4 is 0 Å². The van der Waals surface area contributed by atoms with Gasteiger partial charge in [0.2, 0.25) is 0 Å². The van der Waals surface area contributed by atoms with Crippen molar-refractivity contribution >= 4 is 43.5 Å². The van der Waals surface area contributed by atoms with Crippen LogP contribution in [0.5, 0.6) is 0 Å². The Balaban J connectivity index is 1.60. The van der Waals surface area contributed by atoms with Crippen molar-refractivity contribution in [2.45, 2.75) is 16.4 Å². The molecule has 0 aliphatic carbocycles. The SMILES string of the molecule is Cc1cc(C2CN(C(=O)c3cccc(C(F)(P)I)c3)CCO2)n2ncnc2n1. The van der Waals surface area contributed by atoms with Crippen molar-refractivity contribution in [1.29, 1.82) is 0 Å². The minimum Gasteiger partial charge on any atom is -0.368 e. The zero-order chi connectivity index (χ0) is 19.9. The van der Waals surface area contributed by atoms with Gasteiger partial charge in [-0.3, -0.25) is 4.79 Å². The summed E-state index contributed by atoms with van der Waals surface area (Å²) in [5.41, 5.74) is 2.49. The Bertz CT molecular complexity index is 1040. The Labute approximate surface area is 177 Å². The Morgan fingerprint density at radius 2 is 2.25 bits per heavy atom. The van der Waals surface area contributed by atoms with Crippen LogP contribution in [0.15, 0.2) is 36.7 Å². The number of nitrogens with zero attached hydrogens (tertiary/aromatic N) is 5. The van der Waals surface area contributed by atoms with E-state index in [2.05, 4.69) is 24.3 Å². The molecule has 4 rings (SSSR count). The topological polar surface area (TPSA) is 72.6 Å². The molecule has 0 spiro atoms. The molecule has 3 aromatic rings. The van der Waals surface area contributed by atoms with E-state index >= 15 is 0 Å². The van der Waals surface area contributed by atoms with Crippen molar-refractivity contribution in [3.63, 3.8) is 0 Å². The lowest BCUT2D eigenvalue weighted by molar-refractivity contribution is -0.0257. The molecule has 7 nitrogen and oxygen atoms in total. The average Bonchev–Trinajstić information content (AvgIpc) is 3.14. The standard InChI is InChI=1S/C18H18FIN5O2P/c1-11-7-14(25-17(23-11)21-10-22-25)15-9-24(5-6-27-15)16(26)12-3-2-4-13(8-12)18(19,20)28/h2-4,7-8,10,15H,5-6,9,28H2,1H3. The lowest BCUT2D eigenvalue weighted by Crippen LogP contribution is -2.42. The van der Waals surface area contributed by atoms with E-state index in [9.17, 15) is 9.18 Å². The molecule has 1 amide bonds. The van der Waals surface area contributed by atoms with E-state index in [1.165, 1.54) is 6.33 Å². The molecular weight excluding hydrogens is 495 g/mol. The minimum atomic E-state index is -1.62. The second-order valence-electron chi connectivity index (χ2n) is 6.61. The molecule has 10 heteroatoms. The van der Waals surface area contributed by atoms with Crippen molar-refractivity contribution in [3.05, 3.63) is 59.2 Å². The highest BCUT2D eigenvalue weighted by molar-refractivity contribution is 14.1. The maximum atomic E-state index is 14.2. The highest BCUT2D eigenvalue weighted by Crippen LogP contribution is 2.40. The van der Waals surface area contributed by atoms with Crippen LogP contribution in [-0.4, -0.2) is 50.1 Å². The molecule has 3 unspecified atom stereocenters. The fourth-order valence-electron chi connectivity index (χ4n) is 3.24. The van der Waals surface area contributed by atoms with Crippen LogP contribution in [0.4, 0.5) is 4.39 Å². The number of fused-ring (bicyclic) bond motifs is 1. The number of hydrogen-bond acceptors (Lipinski definition) is 5. The third-order valence-electron chi connectivity index (χ3n) is 4.59. The molecule has 3 heterocycles. The molecule has 3 atom stereocenters. The summed E-state index contributed by atoms with van der Waals surface area (Å²) in [5, 5.41) is 4.22. The van der Waals surface area contributed by atoms with Gasteiger partial charge < -0.3 is 9.64 Å². The number of aryl methyl sites for hydroxylation is 1. The first kappa shape index (κ1) is 19.6. The summed E-state index contributed by atoms with van der Waals surface area (Å²) in [4.78, 5) is 23.2. The van der Waals surface area contributed by atoms with E-state index in [0.717, 1.165) is 11.4 Å². The molecule has 1 fully saturated rings. The Morgan fingerprint density at radius 3 is 3.04 bits per heavy atom. The molecule has 2 aromatic heterocycles. The summed E-state index contributed by atoms with van der Waals surface area (Å²) >= 11 is 1.69. The molecule has 1 saturated heterocycles. The summed E-state index contributed by atoms with van der Waals surface area (Å²) < 4.78 is 20.2. The lowest BCUT2D eigenvalue weighted by Gasteiger charge is -2.33. The van der Waals surface area contributed by atoms with Gasteiger partial charge in [-0.1, -0.05) is 21.4 Å². The summed E-state index contributed by atoms with van der Waals surface area (Å²) in [7, 11) is 2.14. The molecule has 1 aliphatic rings. The third kappa shape index (κ3) is 3.88. The van der Waals surface area contributed by atoms with Gasteiger partial charge in [0.1, 0.15) is 12.4 Å². The van der Waals surface area contributed by atoms with Crippen LogP contribution in [0.2, 0.25) is 0 Å². The normalized spacial score (nSPS) is 19.6. The molecule has 28 heavy (non-hydrogen) atoms. The Morgan fingerprint density at radius 1 is 1.43 bits per heavy atom. The van der Waals surface area contributed by atoms with E-state index in [-0.39, 0.29) is 12.0 Å².